The highest BCUT2D eigenvalue weighted by Crippen LogP contribution is 2.39. The van der Waals surface area contributed by atoms with Gasteiger partial charge < -0.3 is 24.8 Å². The average molecular weight is 606 g/mol. The molecule has 0 aliphatic carbocycles. The van der Waals surface area contributed by atoms with Crippen molar-refractivity contribution >= 4 is 5.91 Å². The van der Waals surface area contributed by atoms with Crippen molar-refractivity contribution in [2.45, 2.75) is 70.2 Å². The zero-order valence-corrected chi connectivity index (χ0v) is 25.8. The Morgan fingerprint density at radius 1 is 0.822 bits per heavy atom. The minimum atomic E-state index is -0.468. The molecule has 3 aromatic carbocycles. The third kappa shape index (κ3) is 8.44. The van der Waals surface area contributed by atoms with Crippen molar-refractivity contribution in [3.8, 4) is 11.1 Å². The molecule has 2 fully saturated rings. The van der Waals surface area contributed by atoms with Crippen LogP contribution in [0.4, 0.5) is 0 Å². The Hall–Kier alpha value is -3.88. The third-order valence-electron chi connectivity index (χ3n) is 8.85. The average Bonchev–Trinajstić information content (AvgIpc) is 3.09. The van der Waals surface area contributed by atoms with Crippen molar-refractivity contribution in [2.24, 2.45) is 0 Å². The number of ether oxygens (including phenoxy) is 2. The Kier molecular flexibility index (Phi) is 10.7. The van der Waals surface area contributed by atoms with Gasteiger partial charge in [-0.25, -0.2) is 0 Å². The van der Waals surface area contributed by atoms with E-state index in [0.29, 0.717) is 12.1 Å². The second-order valence-electron chi connectivity index (χ2n) is 12.2. The fourth-order valence-corrected chi connectivity index (χ4v) is 6.29. The number of rotatable bonds is 9. The Balaban J connectivity index is 1.15. The first-order chi connectivity index (χ1) is 22.1. The highest BCUT2D eigenvalue weighted by Gasteiger charge is 2.33. The highest BCUT2D eigenvalue weighted by atomic mass is 16.7. The number of hydrogen-bond donors (Lipinski definition) is 2. The molecule has 0 spiro atoms. The van der Waals surface area contributed by atoms with Gasteiger partial charge in [-0.2, -0.15) is 0 Å². The van der Waals surface area contributed by atoms with Crippen LogP contribution in [0.25, 0.3) is 11.1 Å². The first-order valence-electron chi connectivity index (χ1n) is 16.2. The summed E-state index contributed by atoms with van der Waals surface area (Å²) in [5, 5.41) is 12.5. The lowest BCUT2D eigenvalue weighted by Gasteiger charge is -2.38. The van der Waals surface area contributed by atoms with Gasteiger partial charge in [-0.3, -0.25) is 9.78 Å². The fraction of sp³-hybridized carbons (Fsp3) is 0.368. The standard InChI is InChI=1S/C38H43N3O4/c42-27-28-11-13-31(14-12-28)36-23-35(26-41-20-4-2-1-3-5-21-41)44-38(45-36)32-17-15-30(16-18-32)33-9-6-8-29(22-33)24-40-37(43)34-10-7-19-39-25-34/h6-19,22,25,35-36,38,42H,1-5,20-21,23-24,26-27H2,(H,40,43)/t35-,36+,38+/m1/s1. The summed E-state index contributed by atoms with van der Waals surface area (Å²) in [6.45, 7) is 3.63. The first-order valence-corrected chi connectivity index (χ1v) is 16.2. The number of likely N-dealkylation sites (tertiary alicyclic amines) is 1. The minimum absolute atomic E-state index is 0.0322. The van der Waals surface area contributed by atoms with Crippen LogP contribution in [-0.4, -0.2) is 46.6 Å². The number of aliphatic hydroxyl groups excluding tert-OH is 1. The first kappa shape index (κ1) is 31.1. The van der Waals surface area contributed by atoms with Crippen molar-refractivity contribution in [1.82, 2.24) is 15.2 Å². The second kappa shape index (κ2) is 15.4. The molecule has 7 heteroatoms. The largest absolute Gasteiger partial charge is 0.392 e. The number of pyridine rings is 1. The number of nitrogens with one attached hydrogen (secondary N) is 1. The number of amides is 1. The summed E-state index contributed by atoms with van der Waals surface area (Å²) in [5.74, 6) is -0.141. The van der Waals surface area contributed by atoms with Crippen LogP contribution in [0.5, 0.6) is 0 Å². The highest BCUT2D eigenvalue weighted by molar-refractivity contribution is 5.93. The lowest BCUT2D eigenvalue weighted by atomic mass is 9.98. The van der Waals surface area contributed by atoms with E-state index in [-0.39, 0.29) is 24.7 Å². The molecule has 3 atom stereocenters. The quantitative estimate of drug-likeness (QED) is 0.214. The van der Waals surface area contributed by atoms with E-state index in [0.717, 1.165) is 59.4 Å². The van der Waals surface area contributed by atoms with Crippen LogP contribution >= 0.6 is 0 Å². The van der Waals surface area contributed by atoms with Gasteiger partial charge in [-0.05, 0) is 71.9 Å². The second-order valence-corrected chi connectivity index (χ2v) is 12.2. The zero-order valence-electron chi connectivity index (χ0n) is 25.8. The summed E-state index contributed by atoms with van der Waals surface area (Å²) in [4.78, 5) is 19.1. The molecule has 2 saturated heterocycles. The number of aliphatic hydroxyl groups is 1. The summed E-state index contributed by atoms with van der Waals surface area (Å²) >= 11 is 0. The van der Waals surface area contributed by atoms with E-state index in [2.05, 4.69) is 63.7 Å². The van der Waals surface area contributed by atoms with E-state index in [1.165, 1.54) is 32.1 Å². The summed E-state index contributed by atoms with van der Waals surface area (Å²) < 4.78 is 13.3. The zero-order chi connectivity index (χ0) is 30.8. The Morgan fingerprint density at radius 2 is 1.58 bits per heavy atom. The van der Waals surface area contributed by atoms with Gasteiger partial charge in [0.05, 0.1) is 24.4 Å². The lowest BCUT2D eigenvalue weighted by Crippen LogP contribution is -2.40. The Morgan fingerprint density at radius 3 is 2.31 bits per heavy atom. The van der Waals surface area contributed by atoms with Crippen molar-refractivity contribution < 1.29 is 19.4 Å². The van der Waals surface area contributed by atoms with E-state index >= 15 is 0 Å². The SMILES string of the molecule is O=C(NCc1cccc(-c2ccc([C@H]3O[C@@H](CN4CCCCCCC4)C[C@@H](c4ccc(CO)cc4)O3)cc2)c1)c1cccnc1. The van der Waals surface area contributed by atoms with Gasteiger partial charge in [0.25, 0.3) is 5.91 Å². The smallest absolute Gasteiger partial charge is 0.253 e. The van der Waals surface area contributed by atoms with Crippen LogP contribution in [0.2, 0.25) is 0 Å². The third-order valence-corrected chi connectivity index (χ3v) is 8.85. The normalized spacial score (nSPS) is 21.0. The Labute approximate surface area is 266 Å². The van der Waals surface area contributed by atoms with Gasteiger partial charge in [-0.1, -0.05) is 86.0 Å². The van der Waals surface area contributed by atoms with Crippen LogP contribution < -0.4 is 5.32 Å². The number of aromatic nitrogens is 1. The van der Waals surface area contributed by atoms with E-state index in [1.807, 2.05) is 24.3 Å². The molecule has 2 aliphatic heterocycles. The molecule has 234 valence electrons. The topological polar surface area (TPSA) is 83.9 Å². The molecule has 0 bridgehead atoms. The molecule has 0 unspecified atom stereocenters. The maximum absolute atomic E-state index is 12.5. The number of hydrogen-bond acceptors (Lipinski definition) is 6. The summed E-state index contributed by atoms with van der Waals surface area (Å²) in [5.41, 5.74) is 6.74. The lowest BCUT2D eigenvalue weighted by molar-refractivity contribution is -0.253. The number of carbonyl (C=O) groups excluding carboxylic acids is 1. The monoisotopic (exact) mass is 605 g/mol. The van der Waals surface area contributed by atoms with Crippen LogP contribution in [0.3, 0.4) is 0 Å². The van der Waals surface area contributed by atoms with Gasteiger partial charge in [-0.15, -0.1) is 0 Å². The maximum atomic E-state index is 12.5. The van der Waals surface area contributed by atoms with Crippen LogP contribution in [0.1, 0.15) is 83.5 Å². The van der Waals surface area contributed by atoms with Crippen molar-refractivity contribution in [3.63, 3.8) is 0 Å². The van der Waals surface area contributed by atoms with E-state index in [9.17, 15) is 9.90 Å². The predicted molar refractivity (Wildman–Crippen MR) is 175 cm³/mol. The summed E-state index contributed by atoms with van der Waals surface area (Å²) in [6.07, 6.45) is 9.99. The van der Waals surface area contributed by atoms with Crippen molar-refractivity contribution in [3.05, 3.63) is 125 Å². The van der Waals surface area contributed by atoms with Crippen molar-refractivity contribution in [2.75, 3.05) is 19.6 Å². The molecule has 0 radical (unpaired) electrons. The molecule has 3 heterocycles. The molecule has 1 amide bonds. The van der Waals surface area contributed by atoms with E-state index in [4.69, 9.17) is 9.47 Å². The van der Waals surface area contributed by atoms with Crippen LogP contribution in [-0.2, 0) is 22.6 Å². The van der Waals surface area contributed by atoms with Gasteiger partial charge in [0, 0.05) is 37.5 Å². The van der Waals surface area contributed by atoms with Gasteiger partial charge >= 0.3 is 0 Å². The van der Waals surface area contributed by atoms with Gasteiger partial charge in [0.15, 0.2) is 6.29 Å². The summed E-state index contributed by atoms with van der Waals surface area (Å²) in [7, 11) is 0. The Bertz CT molecular complexity index is 1500. The van der Waals surface area contributed by atoms with Crippen LogP contribution in [0.15, 0.2) is 97.3 Å². The molecular formula is C38H43N3O4. The maximum Gasteiger partial charge on any atom is 0.253 e. The number of nitrogens with zero attached hydrogens (tertiary/aromatic N) is 2. The predicted octanol–water partition coefficient (Wildman–Crippen LogP) is 6.98. The summed E-state index contributed by atoms with van der Waals surface area (Å²) in [6, 6.07) is 28.3. The molecule has 6 rings (SSSR count). The minimum Gasteiger partial charge on any atom is -0.392 e. The van der Waals surface area contributed by atoms with Crippen molar-refractivity contribution in [1.29, 1.82) is 0 Å². The van der Waals surface area contributed by atoms with E-state index in [1.54, 1.807) is 24.5 Å². The van der Waals surface area contributed by atoms with Crippen LogP contribution in [0, 0.1) is 0 Å². The molecule has 7 nitrogen and oxygen atoms in total. The number of carbonyl (C=O) groups is 1. The van der Waals surface area contributed by atoms with E-state index < -0.39 is 6.29 Å². The molecule has 2 N–H and O–H groups in total. The molecule has 1 aromatic heterocycles. The molecule has 4 aromatic rings. The molecule has 0 saturated carbocycles. The van der Waals surface area contributed by atoms with Gasteiger partial charge in [0.1, 0.15) is 0 Å². The number of benzene rings is 3. The molecular weight excluding hydrogens is 562 g/mol. The molecule has 2 aliphatic rings. The fourth-order valence-electron chi connectivity index (χ4n) is 6.29. The van der Waals surface area contributed by atoms with Gasteiger partial charge in [0.2, 0.25) is 0 Å². The molecule has 45 heavy (non-hydrogen) atoms.